The zero-order valence-corrected chi connectivity index (χ0v) is 30.9. The van der Waals surface area contributed by atoms with E-state index in [1.165, 1.54) is 89.9 Å². The van der Waals surface area contributed by atoms with Gasteiger partial charge in [0.2, 0.25) is 0 Å². The molecule has 2 N–H and O–H groups in total. The van der Waals surface area contributed by atoms with Crippen LogP contribution in [0.5, 0.6) is 0 Å². The number of hydrogen-bond donors (Lipinski definition) is 2. The fourth-order valence-electron chi connectivity index (χ4n) is 4.88. The summed E-state index contributed by atoms with van der Waals surface area (Å²) >= 11 is 0. The van der Waals surface area contributed by atoms with Crippen LogP contribution in [-0.2, 0) is 42.6 Å². The third-order valence-electron chi connectivity index (χ3n) is 7.66. The highest BCUT2D eigenvalue weighted by Crippen LogP contribution is 2.14. The fraction of sp³-hybridized carbons (Fsp3) is 1.00. The molecular formula is C37H76O11. The molecule has 11 heteroatoms. The Morgan fingerprint density at radius 1 is 0.333 bits per heavy atom. The Morgan fingerprint density at radius 3 is 0.875 bits per heavy atom. The molecule has 11 nitrogen and oxygen atoms in total. The lowest BCUT2D eigenvalue weighted by Crippen LogP contribution is -2.18. The van der Waals surface area contributed by atoms with Crippen LogP contribution >= 0.6 is 0 Å². The zero-order valence-electron chi connectivity index (χ0n) is 30.9. The molecule has 0 aromatic rings. The minimum atomic E-state index is -0.383. The Morgan fingerprint density at radius 2 is 0.583 bits per heavy atom. The predicted octanol–water partition coefficient (Wildman–Crippen LogP) is 5.75. The van der Waals surface area contributed by atoms with Gasteiger partial charge in [0.05, 0.1) is 132 Å². The second-order valence-electron chi connectivity index (χ2n) is 12.1. The van der Waals surface area contributed by atoms with Crippen molar-refractivity contribution < 1.29 is 52.8 Å². The predicted molar refractivity (Wildman–Crippen MR) is 190 cm³/mol. The summed E-state index contributed by atoms with van der Waals surface area (Å²) in [5.41, 5.74) is 0. The molecule has 48 heavy (non-hydrogen) atoms. The van der Waals surface area contributed by atoms with Gasteiger partial charge in [0, 0.05) is 0 Å². The summed E-state index contributed by atoms with van der Waals surface area (Å²) in [5, 5.41) is 18.7. The van der Waals surface area contributed by atoms with Crippen LogP contribution in [0.4, 0.5) is 0 Å². The molecule has 0 aliphatic heterocycles. The smallest absolute Gasteiger partial charge is 0.0773 e. The van der Waals surface area contributed by atoms with Crippen LogP contribution in [0, 0.1) is 0 Å². The fourth-order valence-corrected chi connectivity index (χ4v) is 4.88. The first kappa shape index (κ1) is 47.6. The Kier molecular flexibility index (Phi) is 44.2. The SMILES string of the molecule is CCCCCCCCCCCCCCCCCC(O)COCCOCCOCCOCCOCCOCCOCCOCCOCCO. The molecule has 0 radical (unpaired) electrons. The third-order valence-corrected chi connectivity index (χ3v) is 7.66. The maximum atomic E-state index is 10.1. The van der Waals surface area contributed by atoms with Crippen molar-refractivity contribution in [3.63, 3.8) is 0 Å². The first-order valence-electron chi connectivity index (χ1n) is 19.3. The van der Waals surface area contributed by atoms with E-state index in [-0.39, 0.29) is 12.7 Å². The van der Waals surface area contributed by atoms with E-state index in [0.29, 0.717) is 119 Å². The Hall–Kier alpha value is -0.440. The van der Waals surface area contributed by atoms with Crippen molar-refractivity contribution in [1.29, 1.82) is 0 Å². The second-order valence-corrected chi connectivity index (χ2v) is 12.1. The van der Waals surface area contributed by atoms with Gasteiger partial charge in [-0.15, -0.1) is 0 Å². The number of aliphatic hydroxyl groups is 2. The zero-order chi connectivity index (χ0) is 34.7. The summed E-state index contributed by atoms with van der Waals surface area (Å²) in [6.45, 7) is 11.1. The summed E-state index contributed by atoms with van der Waals surface area (Å²) in [6.07, 6.45) is 20.7. The van der Waals surface area contributed by atoms with Crippen LogP contribution in [0.15, 0.2) is 0 Å². The molecule has 0 amide bonds. The van der Waals surface area contributed by atoms with E-state index < -0.39 is 0 Å². The van der Waals surface area contributed by atoms with Gasteiger partial charge in [-0.1, -0.05) is 103 Å². The summed E-state index contributed by atoms with van der Waals surface area (Å²) in [5.74, 6) is 0. The molecule has 0 heterocycles. The highest BCUT2D eigenvalue weighted by Gasteiger charge is 2.04. The minimum Gasteiger partial charge on any atom is -0.394 e. The van der Waals surface area contributed by atoms with Crippen molar-refractivity contribution in [3.05, 3.63) is 0 Å². The molecule has 0 fully saturated rings. The van der Waals surface area contributed by atoms with E-state index in [0.717, 1.165) is 12.8 Å². The molecular weight excluding hydrogens is 620 g/mol. The number of unbranched alkanes of at least 4 members (excludes halogenated alkanes) is 14. The van der Waals surface area contributed by atoms with Crippen molar-refractivity contribution in [2.45, 2.75) is 116 Å². The molecule has 0 aromatic heterocycles. The topological polar surface area (TPSA) is 124 Å². The molecule has 0 spiro atoms. The molecule has 1 unspecified atom stereocenters. The molecule has 0 bridgehead atoms. The average molecular weight is 697 g/mol. The summed E-state index contributed by atoms with van der Waals surface area (Å²) < 4.78 is 48.8. The third kappa shape index (κ3) is 43.6. The summed E-state index contributed by atoms with van der Waals surface area (Å²) in [7, 11) is 0. The highest BCUT2D eigenvalue weighted by atomic mass is 16.6. The lowest BCUT2D eigenvalue weighted by Gasteiger charge is -2.11. The van der Waals surface area contributed by atoms with E-state index >= 15 is 0 Å². The van der Waals surface area contributed by atoms with E-state index in [4.69, 9.17) is 47.7 Å². The van der Waals surface area contributed by atoms with Crippen molar-refractivity contribution in [2.75, 3.05) is 126 Å². The molecule has 0 saturated carbocycles. The highest BCUT2D eigenvalue weighted by molar-refractivity contribution is 4.56. The Balaban J connectivity index is 3.13. The van der Waals surface area contributed by atoms with E-state index in [2.05, 4.69) is 6.92 Å². The quantitative estimate of drug-likeness (QED) is 0.0758. The molecule has 0 aliphatic carbocycles. The standard InChI is InChI=1S/C37H76O11/c1-2-3-4-5-6-7-8-9-10-11-12-13-14-15-16-17-37(39)36-48-35-34-47-33-32-46-31-30-45-29-28-44-27-26-43-25-24-42-23-22-41-21-20-40-19-18-38/h37-39H,2-36H2,1H3. The number of rotatable bonds is 44. The normalized spacial score (nSPS) is 12.3. The van der Waals surface area contributed by atoms with Crippen LogP contribution in [0.2, 0.25) is 0 Å². The number of aliphatic hydroxyl groups excluding tert-OH is 2. The van der Waals surface area contributed by atoms with E-state index in [1.54, 1.807) is 0 Å². The van der Waals surface area contributed by atoms with Gasteiger partial charge < -0.3 is 52.8 Å². The monoisotopic (exact) mass is 697 g/mol. The van der Waals surface area contributed by atoms with Gasteiger partial charge in [-0.2, -0.15) is 0 Å². The first-order valence-corrected chi connectivity index (χ1v) is 19.3. The maximum absolute atomic E-state index is 10.1. The molecule has 0 aliphatic rings. The first-order chi connectivity index (χ1) is 23.8. The van der Waals surface area contributed by atoms with Crippen molar-refractivity contribution in [2.24, 2.45) is 0 Å². The van der Waals surface area contributed by atoms with Crippen LogP contribution < -0.4 is 0 Å². The largest absolute Gasteiger partial charge is 0.394 e. The van der Waals surface area contributed by atoms with Gasteiger partial charge in [-0.25, -0.2) is 0 Å². The van der Waals surface area contributed by atoms with Gasteiger partial charge in [-0.05, 0) is 6.42 Å². The van der Waals surface area contributed by atoms with Crippen LogP contribution in [-0.4, -0.2) is 142 Å². The molecule has 0 rings (SSSR count). The summed E-state index contributed by atoms with van der Waals surface area (Å²) in [6, 6.07) is 0. The Bertz CT molecular complexity index is 559. The van der Waals surface area contributed by atoms with Gasteiger partial charge >= 0.3 is 0 Å². The summed E-state index contributed by atoms with van der Waals surface area (Å²) in [4.78, 5) is 0. The second kappa shape index (κ2) is 44.6. The van der Waals surface area contributed by atoms with Gasteiger partial charge in [-0.3, -0.25) is 0 Å². The molecule has 1 atom stereocenters. The van der Waals surface area contributed by atoms with Crippen molar-refractivity contribution in [1.82, 2.24) is 0 Å². The van der Waals surface area contributed by atoms with Crippen LogP contribution in [0.1, 0.15) is 110 Å². The molecule has 290 valence electrons. The van der Waals surface area contributed by atoms with Crippen molar-refractivity contribution >= 4 is 0 Å². The minimum absolute atomic E-state index is 0.0278. The maximum Gasteiger partial charge on any atom is 0.0773 e. The lowest BCUT2D eigenvalue weighted by molar-refractivity contribution is -0.0286. The van der Waals surface area contributed by atoms with Gasteiger partial charge in [0.1, 0.15) is 0 Å². The molecule has 0 aromatic carbocycles. The van der Waals surface area contributed by atoms with Gasteiger partial charge in [0.15, 0.2) is 0 Å². The Labute approximate surface area is 293 Å². The molecule has 0 saturated heterocycles. The van der Waals surface area contributed by atoms with Gasteiger partial charge in [0.25, 0.3) is 0 Å². The number of ether oxygens (including phenoxy) is 9. The van der Waals surface area contributed by atoms with E-state index in [9.17, 15) is 5.11 Å². The van der Waals surface area contributed by atoms with E-state index in [1.807, 2.05) is 0 Å². The van der Waals surface area contributed by atoms with Crippen LogP contribution in [0.3, 0.4) is 0 Å². The van der Waals surface area contributed by atoms with Crippen LogP contribution in [0.25, 0.3) is 0 Å². The average Bonchev–Trinajstić information content (AvgIpc) is 3.09. The number of hydrogen-bond acceptors (Lipinski definition) is 11. The lowest BCUT2D eigenvalue weighted by atomic mass is 10.0. The van der Waals surface area contributed by atoms with Crippen molar-refractivity contribution in [3.8, 4) is 0 Å².